The zero-order valence-corrected chi connectivity index (χ0v) is 16.0. The molecule has 1 aliphatic carbocycles. The summed E-state index contributed by atoms with van der Waals surface area (Å²) in [6.45, 7) is 1.04. The smallest absolute Gasteiger partial charge is 0.231 e. The lowest BCUT2D eigenvalue weighted by Gasteiger charge is -2.32. The standard InChI is InChI=1S/C20H21ClN2O2S/c21-15-6-8-16(9-7-15)22-20(26)23(17-3-1-2-4-17)12-14-5-10-18-19(11-14)25-13-24-18/h5-11,17H,1-4,12-13H2,(H,22,26). The summed E-state index contributed by atoms with van der Waals surface area (Å²) in [4.78, 5) is 2.30. The van der Waals surface area contributed by atoms with Gasteiger partial charge in [0.1, 0.15) is 0 Å². The second kappa shape index (κ2) is 7.72. The highest BCUT2D eigenvalue weighted by molar-refractivity contribution is 7.80. The average Bonchev–Trinajstić information content (AvgIpc) is 3.32. The van der Waals surface area contributed by atoms with Gasteiger partial charge in [-0.05, 0) is 67.0 Å². The Morgan fingerprint density at radius 2 is 1.81 bits per heavy atom. The fourth-order valence-corrected chi connectivity index (χ4v) is 4.00. The van der Waals surface area contributed by atoms with Gasteiger partial charge in [-0.25, -0.2) is 0 Å². The Labute approximate surface area is 164 Å². The van der Waals surface area contributed by atoms with Crippen molar-refractivity contribution in [1.82, 2.24) is 4.90 Å². The molecule has 0 amide bonds. The van der Waals surface area contributed by atoms with Gasteiger partial charge in [0.05, 0.1) is 0 Å². The molecular weight excluding hydrogens is 368 g/mol. The molecule has 0 bridgehead atoms. The number of nitrogens with one attached hydrogen (secondary N) is 1. The summed E-state index contributed by atoms with van der Waals surface area (Å²) < 4.78 is 10.9. The minimum absolute atomic E-state index is 0.293. The van der Waals surface area contributed by atoms with Crippen molar-refractivity contribution in [3.63, 3.8) is 0 Å². The second-order valence-electron chi connectivity index (χ2n) is 6.69. The normalized spacial score (nSPS) is 15.9. The summed E-state index contributed by atoms with van der Waals surface area (Å²) in [6.07, 6.45) is 4.86. The minimum Gasteiger partial charge on any atom is -0.454 e. The van der Waals surface area contributed by atoms with Crippen LogP contribution in [0.25, 0.3) is 0 Å². The highest BCUT2D eigenvalue weighted by atomic mass is 35.5. The molecule has 0 spiro atoms. The molecule has 2 aromatic rings. The van der Waals surface area contributed by atoms with E-state index in [0.717, 1.165) is 33.9 Å². The summed E-state index contributed by atoms with van der Waals surface area (Å²) in [7, 11) is 0. The van der Waals surface area contributed by atoms with E-state index in [4.69, 9.17) is 33.3 Å². The molecule has 0 atom stereocenters. The molecule has 1 aliphatic heterocycles. The van der Waals surface area contributed by atoms with Crippen molar-refractivity contribution in [3.8, 4) is 11.5 Å². The number of rotatable bonds is 4. The Bertz CT molecular complexity index is 791. The van der Waals surface area contributed by atoms with Crippen LogP contribution < -0.4 is 14.8 Å². The molecule has 1 N–H and O–H groups in total. The Balaban J connectivity index is 1.52. The van der Waals surface area contributed by atoms with E-state index in [1.165, 1.54) is 31.2 Å². The van der Waals surface area contributed by atoms with Crippen LogP contribution in [-0.4, -0.2) is 22.8 Å². The zero-order valence-electron chi connectivity index (χ0n) is 14.4. The largest absolute Gasteiger partial charge is 0.454 e. The summed E-state index contributed by atoms with van der Waals surface area (Å²) in [5.41, 5.74) is 2.12. The molecule has 1 saturated carbocycles. The maximum absolute atomic E-state index is 5.98. The van der Waals surface area contributed by atoms with E-state index in [9.17, 15) is 0 Å². The number of halogens is 1. The predicted molar refractivity (Wildman–Crippen MR) is 108 cm³/mol. The van der Waals surface area contributed by atoms with Gasteiger partial charge in [-0.15, -0.1) is 0 Å². The molecule has 4 rings (SSSR count). The average molecular weight is 389 g/mol. The van der Waals surface area contributed by atoms with Crippen LogP contribution in [0.2, 0.25) is 5.02 Å². The van der Waals surface area contributed by atoms with E-state index in [1.807, 2.05) is 30.3 Å². The summed E-state index contributed by atoms with van der Waals surface area (Å²) >= 11 is 11.7. The van der Waals surface area contributed by atoms with Crippen LogP contribution in [0.15, 0.2) is 42.5 Å². The monoisotopic (exact) mass is 388 g/mol. The van der Waals surface area contributed by atoms with Crippen molar-refractivity contribution in [3.05, 3.63) is 53.1 Å². The number of benzene rings is 2. The highest BCUT2D eigenvalue weighted by Gasteiger charge is 2.25. The van der Waals surface area contributed by atoms with Crippen LogP contribution in [0.4, 0.5) is 5.69 Å². The first-order valence-electron chi connectivity index (χ1n) is 8.91. The SMILES string of the molecule is S=C(Nc1ccc(Cl)cc1)N(Cc1ccc2c(c1)OCO2)C1CCCC1. The van der Waals surface area contributed by atoms with Gasteiger partial charge in [0.25, 0.3) is 0 Å². The topological polar surface area (TPSA) is 33.7 Å². The maximum Gasteiger partial charge on any atom is 0.231 e. The number of hydrogen-bond donors (Lipinski definition) is 1. The van der Waals surface area contributed by atoms with Gasteiger partial charge in [-0.1, -0.05) is 30.5 Å². The first kappa shape index (κ1) is 17.4. The molecule has 2 aromatic carbocycles. The maximum atomic E-state index is 5.98. The quantitative estimate of drug-likeness (QED) is 0.727. The molecule has 4 nitrogen and oxygen atoms in total. The third-order valence-electron chi connectivity index (χ3n) is 4.91. The van der Waals surface area contributed by atoms with Crippen molar-refractivity contribution in [2.75, 3.05) is 12.1 Å². The second-order valence-corrected chi connectivity index (χ2v) is 7.51. The van der Waals surface area contributed by atoms with Crippen LogP contribution in [0.3, 0.4) is 0 Å². The van der Waals surface area contributed by atoms with E-state index in [0.29, 0.717) is 12.8 Å². The molecule has 2 aliphatic rings. The number of anilines is 1. The van der Waals surface area contributed by atoms with Crippen molar-refractivity contribution in [2.24, 2.45) is 0 Å². The van der Waals surface area contributed by atoms with Crippen molar-refractivity contribution in [1.29, 1.82) is 0 Å². The Hall–Kier alpha value is -1.98. The lowest BCUT2D eigenvalue weighted by atomic mass is 10.1. The van der Waals surface area contributed by atoms with Crippen LogP contribution in [0.5, 0.6) is 11.5 Å². The molecule has 136 valence electrons. The number of nitrogens with zero attached hydrogens (tertiary/aromatic N) is 1. The first-order valence-corrected chi connectivity index (χ1v) is 9.69. The predicted octanol–water partition coefficient (Wildman–Crippen LogP) is 5.21. The van der Waals surface area contributed by atoms with Gasteiger partial charge in [0.15, 0.2) is 16.6 Å². The van der Waals surface area contributed by atoms with Crippen LogP contribution in [-0.2, 0) is 6.54 Å². The number of hydrogen-bond acceptors (Lipinski definition) is 3. The van der Waals surface area contributed by atoms with Gasteiger partial charge >= 0.3 is 0 Å². The molecule has 1 heterocycles. The van der Waals surface area contributed by atoms with E-state index in [-0.39, 0.29) is 0 Å². The Morgan fingerprint density at radius 3 is 2.58 bits per heavy atom. The fraction of sp³-hybridized carbons (Fsp3) is 0.350. The fourth-order valence-electron chi connectivity index (χ4n) is 3.55. The number of fused-ring (bicyclic) bond motifs is 1. The van der Waals surface area contributed by atoms with Gasteiger partial charge in [0, 0.05) is 23.3 Å². The first-order chi connectivity index (χ1) is 12.7. The molecule has 0 unspecified atom stereocenters. The van der Waals surface area contributed by atoms with Gasteiger partial charge in [0.2, 0.25) is 6.79 Å². The van der Waals surface area contributed by atoms with E-state index in [2.05, 4.69) is 22.3 Å². The third-order valence-corrected chi connectivity index (χ3v) is 5.50. The number of thiocarbonyl (C=S) groups is 1. The summed E-state index contributed by atoms with van der Waals surface area (Å²) in [5, 5.41) is 4.83. The van der Waals surface area contributed by atoms with Gasteiger partial charge in [-0.2, -0.15) is 0 Å². The highest BCUT2D eigenvalue weighted by Crippen LogP contribution is 2.34. The number of ether oxygens (including phenoxy) is 2. The van der Waals surface area contributed by atoms with E-state index >= 15 is 0 Å². The Morgan fingerprint density at radius 1 is 1.08 bits per heavy atom. The summed E-state index contributed by atoms with van der Waals surface area (Å²) in [6, 6.07) is 14.2. The van der Waals surface area contributed by atoms with Gasteiger partial charge in [-0.3, -0.25) is 0 Å². The lowest BCUT2D eigenvalue weighted by molar-refractivity contribution is 0.174. The molecular formula is C20H21ClN2O2S. The summed E-state index contributed by atoms with van der Waals surface area (Å²) in [5.74, 6) is 1.62. The molecule has 6 heteroatoms. The van der Waals surface area contributed by atoms with E-state index in [1.54, 1.807) is 0 Å². The van der Waals surface area contributed by atoms with Crippen LogP contribution >= 0.6 is 23.8 Å². The van der Waals surface area contributed by atoms with E-state index < -0.39 is 0 Å². The molecule has 0 radical (unpaired) electrons. The molecule has 0 saturated heterocycles. The van der Waals surface area contributed by atoms with Crippen molar-refractivity contribution >= 4 is 34.6 Å². The minimum atomic E-state index is 0.293. The third kappa shape index (κ3) is 3.89. The lowest BCUT2D eigenvalue weighted by Crippen LogP contribution is -2.40. The molecule has 0 aromatic heterocycles. The van der Waals surface area contributed by atoms with Crippen LogP contribution in [0, 0.1) is 0 Å². The van der Waals surface area contributed by atoms with Crippen LogP contribution in [0.1, 0.15) is 31.2 Å². The molecule has 1 fully saturated rings. The zero-order chi connectivity index (χ0) is 17.9. The Kier molecular flexibility index (Phi) is 5.18. The molecule has 26 heavy (non-hydrogen) atoms. The van der Waals surface area contributed by atoms with Crippen molar-refractivity contribution in [2.45, 2.75) is 38.3 Å². The van der Waals surface area contributed by atoms with Crippen molar-refractivity contribution < 1.29 is 9.47 Å². The van der Waals surface area contributed by atoms with Gasteiger partial charge < -0.3 is 19.7 Å².